The molecule has 3 heteroatoms. The Kier molecular flexibility index (Phi) is 14.5. The van der Waals surface area contributed by atoms with Crippen LogP contribution in [-0.4, -0.2) is 0 Å². The molecule has 0 bridgehead atoms. The van der Waals surface area contributed by atoms with E-state index in [0.29, 0.717) is 5.41 Å². The fourth-order valence-corrected chi connectivity index (χ4v) is 3.86. The van der Waals surface area contributed by atoms with Crippen LogP contribution in [0, 0.1) is 6.07 Å². The average molecular weight is 676 g/mol. The topological polar surface area (TPSA) is 0 Å². The minimum absolute atomic E-state index is 0. The van der Waals surface area contributed by atoms with Gasteiger partial charge in [-0.1, -0.05) is 102 Å². The predicted octanol–water partition coefficient (Wildman–Crippen LogP) is 3.16. The van der Waals surface area contributed by atoms with E-state index < -0.39 is 0 Å². The fourth-order valence-electron chi connectivity index (χ4n) is 3.86. The molecule has 0 aliphatic heterocycles. The summed E-state index contributed by atoms with van der Waals surface area (Å²) in [5, 5.41) is 0. The Morgan fingerprint density at radius 3 is 1.66 bits per heavy atom. The van der Waals surface area contributed by atoms with E-state index in [1.165, 1.54) is 38.9 Å². The summed E-state index contributed by atoms with van der Waals surface area (Å²) in [6.45, 7) is 26.3. The molecule has 0 atom stereocenters. The first-order chi connectivity index (χ1) is 14.8. The smallest absolute Gasteiger partial charge is 1.00 e. The molecule has 0 unspecified atom stereocenters. The third kappa shape index (κ3) is 9.42. The largest absolute Gasteiger partial charge is 4.00 e. The standard InChI is InChI=1S/C21H25.C9H13.C2H4.2ClH.Hf/c1-20(2,3)16-9-7-14-11-15-8-10-17(21(4,5)6)13-19(15)18(14)12-16;1-9(2,3)8-6-4-5-7-8;1-2;;;/h7,9-10,12-13H,11H2,1-6H3;4-7H,1-3H3;1-2H2;2*1H;/q2*-1;;;;+4/p-2. The molecule has 0 saturated carbocycles. The molecule has 0 saturated heterocycles. The van der Waals surface area contributed by atoms with Gasteiger partial charge in [-0.3, -0.25) is 0 Å². The van der Waals surface area contributed by atoms with Gasteiger partial charge in [0.1, 0.15) is 0 Å². The van der Waals surface area contributed by atoms with Gasteiger partial charge in [0.05, 0.1) is 0 Å². The monoisotopic (exact) mass is 676 g/mol. The number of benzene rings is 2. The molecular weight excluding hydrogens is 634 g/mol. The van der Waals surface area contributed by atoms with Crippen molar-refractivity contribution in [1.82, 2.24) is 0 Å². The van der Waals surface area contributed by atoms with Gasteiger partial charge in [-0.05, 0) is 17.4 Å². The average Bonchev–Trinajstić information content (AvgIpc) is 3.35. The number of halogens is 2. The van der Waals surface area contributed by atoms with Gasteiger partial charge in [-0.2, -0.15) is 53.1 Å². The van der Waals surface area contributed by atoms with Crippen molar-refractivity contribution >= 4 is 0 Å². The molecule has 1 aliphatic rings. The fraction of sp³-hybridized carbons (Fsp3) is 0.406. The van der Waals surface area contributed by atoms with Crippen LogP contribution >= 0.6 is 0 Å². The molecule has 3 aromatic rings. The second-order valence-electron chi connectivity index (χ2n) is 11.8. The minimum atomic E-state index is 0. The van der Waals surface area contributed by atoms with Crippen LogP contribution in [0.15, 0.2) is 67.8 Å². The van der Waals surface area contributed by atoms with Gasteiger partial charge in [-0.25, -0.2) is 6.07 Å². The maximum absolute atomic E-state index is 3.53. The van der Waals surface area contributed by atoms with E-state index in [1.54, 1.807) is 0 Å². The van der Waals surface area contributed by atoms with Crippen LogP contribution in [0.1, 0.15) is 90.1 Å². The second-order valence-corrected chi connectivity index (χ2v) is 11.8. The Bertz CT molecular complexity index is 965. The predicted molar refractivity (Wildman–Crippen MR) is 143 cm³/mol. The first-order valence-electron chi connectivity index (χ1n) is 11.7. The molecular formula is C32H42Cl2Hf. The Labute approximate surface area is 247 Å². The van der Waals surface area contributed by atoms with Gasteiger partial charge < -0.3 is 24.8 Å². The molecule has 0 aromatic heterocycles. The van der Waals surface area contributed by atoms with Crippen molar-refractivity contribution in [3.63, 3.8) is 0 Å². The van der Waals surface area contributed by atoms with Gasteiger partial charge >= 0.3 is 25.8 Å². The molecule has 0 amide bonds. The maximum Gasteiger partial charge on any atom is 4.00 e. The number of hydrogen-bond donors (Lipinski definition) is 0. The zero-order chi connectivity index (χ0) is 24.3. The summed E-state index contributed by atoms with van der Waals surface area (Å²) in [6, 6.07) is 23.6. The van der Waals surface area contributed by atoms with Gasteiger partial charge in [0.15, 0.2) is 0 Å². The molecule has 0 radical (unpaired) electrons. The Morgan fingerprint density at radius 2 is 1.23 bits per heavy atom. The van der Waals surface area contributed by atoms with E-state index in [-0.39, 0.29) is 61.5 Å². The maximum atomic E-state index is 3.53. The first-order valence-corrected chi connectivity index (χ1v) is 11.7. The van der Waals surface area contributed by atoms with Crippen molar-refractivity contribution in [2.45, 2.75) is 85.0 Å². The van der Waals surface area contributed by atoms with Crippen LogP contribution in [0.3, 0.4) is 0 Å². The van der Waals surface area contributed by atoms with Crippen molar-refractivity contribution in [3.05, 3.63) is 102 Å². The van der Waals surface area contributed by atoms with Crippen LogP contribution in [0.25, 0.3) is 11.1 Å². The van der Waals surface area contributed by atoms with Crippen LogP contribution in [-0.2, 0) is 48.5 Å². The van der Waals surface area contributed by atoms with Gasteiger partial charge in [0.2, 0.25) is 0 Å². The molecule has 0 N–H and O–H groups in total. The molecule has 0 fully saturated rings. The first kappa shape index (κ1) is 36.1. The van der Waals surface area contributed by atoms with Crippen molar-refractivity contribution < 1.29 is 50.7 Å². The number of hydrogen-bond acceptors (Lipinski definition) is 0. The van der Waals surface area contributed by atoms with Crippen molar-refractivity contribution in [2.24, 2.45) is 0 Å². The quantitative estimate of drug-likeness (QED) is 0.153. The van der Waals surface area contributed by atoms with Crippen LogP contribution in [0.4, 0.5) is 0 Å². The summed E-state index contributed by atoms with van der Waals surface area (Å²) >= 11 is 0. The Morgan fingerprint density at radius 1 is 0.714 bits per heavy atom. The minimum Gasteiger partial charge on any atom is -1.00 e. The van der Waals surface area contributed by atoms with E-state index in [1.807, 2.05) is 0 Å². The number of fused-ring (bicyclic) bond motifs is 3. The summed E-state index contributed by atoms with van der Waals surface area (Å²) in [7, 11) is 0. The SMILES string of the molecule is C=C.CC(C)(C)c1c[c-]c2c(c1)-c1cc(C(C)(C)C)ccc1C2.CC(C)(C)c1cc[cH-]c1.[Cl-].[Cl-].[Hf+4]. The van der Waals surface area contributed by atoms with E-state index >= 15 is 0 Å². The van der Waals surface area contributed by atoms with E-state index in [2.05, 4.69) is 136 Å². The molecule has 35 heavy (non-hydrogen) atoms. The third-order valence-electron chi connectivity index (χ3n) is 6.05. The summed E-state index contributed by atoms with van der Waals surface area (Å²) < 4.78 is 0. The van der Waals surface area contributed by atoms with Gasteiger partial charge in [0, 0.05) is 0 Å². The molecule has 3 aromatic carbocycles. The number of rotatable bonds is 0. The van der Waals surface area contributed by atoms with E-state index in [9.17, 15) is 0 Å². The van der Waals surface area contributed by atoms with E-state index in [0.717, 1.165) is 6.42 Å². The summed E-state index contributed by atoms with van der Waals surface area (Å²) in [5.41, 5.74) is 10.5. The van der Waals surface area contributed by atoms with Gasteiger partial charge in [0.25, 0.3) is 0 Å². The van der Waals surface area contributed by atoms with Crippen molar-refractivity contribution in [2.75, 3.05) is 0 Å². The second kappa shape index (κ2) is 14.1. The zero-order valence-electron chi connectivity index (χ0n) is 23.1. The van der Waals surface area contributed by atoms with E-state index in [4.69, 9.17) is 0 Å². The van der Waals surface area contributed by atoms with Gasteiger partial charge in [-0.15, -0.1) is 18.7 Å². The molecule has 188 valence electrons. The normalized spacial score (nSPS) is 11.6. The van der Waals surface area contributed by atoms with Crippen LogP contribution in [0.2, 0.25) is 0 Å². The summed E-state index contributed by atoms with van der Waals surface area (Å²) in [5.74, 6) is 0. The molecule has 0 spiro atoms. The molecule has 0 heterocycles. The third-order valence-corrected chi connectivity index (χ3v) is 6.05. The van der Waals surface area contributed by atoms with Crippen LogP contribution in [0.5, 0.6) is 0 Å². The summed E-state index contributed by atoms with van der Waals surface area (Å²) in [4.78, 5) is 0. The molecule has 4 rings (SSSR count). The van der Waals surface area contributed by atoms with Crippen molar-refractivity contribution in [1.29, 1.82) is 0 Å². The Balaban J connectivity index is 0. The van der Waals surface area contributed by atoms with Crippen LogP contribution < -0.4 is 24.8 Å². The Hall–Kier alpha value is -1.02. The van der Waals surface area contributed by atoms with Crippen molar-refractivity contribution in [3.8, 4) is 11.1 Å². The molecule has 1 aliphatic carbocycles. The molecule has 0 nitrogen and oxygen atoms in total. The zero-order valence-corrected chi connectivity index (χ0v) is 28.2. The summed E-state index contributed by atoms with van der Waals surface area (Å²) in [6.07, 6.45) is 1.03.